The summed E-state index contributed by atoms with van der Waals surface area (Å²) >= 11 is 5.31. The number of aromatic nitrogens is 1. The molecular weight excluding hydrogens is 271 g/mol. The van der Waals surface area contributed by atoms with Gasteiger partial charge in [0, 0.05) is 0 Å². The number of ether oxygens (including phenoxy) is 1. The van der Waals surface area contributed by atoms with E-state index in [0.29, 0.717) is 6.07 Å². The molecule has 0 fully saturated rings. The van der Waals surface area contributed by atoms with Gasteiger partial charge in [0.1, 0.15) is 11.8 Å². The summed E-state index contributed by atoms with van der Waals surface area (Å²) < 4.78 is 64.0. The maximum absolute atomic E-state index is 12.4. The summed E-state index contributed by atoms with van der Waals surface area (Å²) in [6.45, 7) is 0. The van der Waals surface area contributed by atoms with Crippen LogP contribution in [-0.4, -0.2) is 11.3 Å². The quantitative estimate of drug-likeness (QED) is 0.775. The molecule has 0 unspecified atom stereocenters. The largest absolute Gasteiger partial charge is 0.573 e. The second-order valence-corrected chi connectivity index (χ2v) is 3.07. The number of nitriles is 1. The number of hydrogen-bond donors (Lipinski definition) is 0. The molecule has 0 spiro atoms. The van der Waals surface area contributed by atoms with Gasteiger partial charge in [-0.1, -0.05) is 11.6 Å². The number of pyridine rings is 1. The van der Waals surface area contributed by atoms with Crippen molar-refractivity contribution in [3.8, 4) is 11.8 Å². The van der Waals surface area contributed by atoms with Gasteiger partial charge >= 0.3 is 6.36 Å². The van der Waals surface area contributed by atoms with Gasteiger partial charge in [-0.15, -0.1) is 13.2 Å². The van der Waals surface area contributed by atoms with Crippen molar-refractivity contribution in [1.82, 2.24) is 4.98 Å². The Hall–Kier alpha value is -1.62. The van der Waals surface area contributed by atoms with Crippen LogP contribution in [0.5, 0.6) is 5.75 Å². The van der Waals surface area contributed by atoms with Crippen LogP contribution in [-0.2, 0) is 0 Å². The van der Waals surface area contributed by atoms with Gasteiger partial charge in [0.2, 0.25) is 0 Å². The predicted molar refractivity (Wildman–Crippen MR) is 45.6 cm³/mol. The summed E-state index contributed by atoms with van der Waals surface area (Å²) in [5.41, 5.74) is -1.86. The third-order valence-electron chi connectivity index (χ3n) is 1.49. The number of halogens is 6. The zero-order valence-electron chi connectivity index (χ0n) is 7.73. The molecule has 9 heteroatoms. The minimum Gasteiger partial charge on any atom is -0.402 e. The maximum atomic E-state index is 12.4. The van der Waals surface area contributed by atoms with Crippen LogP contribution < -0.4 is 4.74 Å². The van der Waals surface area contributed by atoms with E-state index in [-0.39, 0.29) is 0 Å². The van der Waals surface area contributed by atoms with E-state index < -0.39 is 34.9 Å². The first-order valence-electron chi connectivity index (χ1n) is 3.89. The van der Waals surface area contributed by atoms with Crippen LogP contribution >= 0.6 is 11.6 Å². The molecule has 0 aliphatic rings. The molecule has 0 aliphatic heterocycles. The maximum Gasteiger partial charge on any atom is 0.573 e. The van der Waals surface area contributed by atoms with E-state index in [1.54, 1.807) is 0 Å². The Balaban J connectivity index is 3.33. The van der Waals surface area contributed by atoms with Crippen molar-refractivity contribution in [2.24, 2.45) is 0 Å². The molecule has 0 bridgehead atoms. The van der Waals surface area contributed by atoms with Gasteiger partial charge in [0.25, 0.3) is 6.43 Å². The number of alkyl halides is 5. The van der Waals surface area contributed by atoms with Gasteiger partial charge in [-0.05, 0) is 6.07 Å². The van der Waals surface area contributed by atoms with Gasteiger partial charge in [0.15, 0.2) is 11.4 Å². The molecule has 0 N–H and O–H groups in total. The zero-order chi connectivity index (χ0) is 13.2. The van der Waals surface area contributed by atoms with Crippen LogP contribution in [0.25, 0.3) is 0 Å². The van der Waals surface area contributed by atoms with Crippen molar-refractivity contribution in [2.75, 3.05) is 0 Å². The monoisotopic (exact) mass is 272 g/mol. The fraction of sp³-hybridized carbons (Fsp3) is 0.250. The second kappa shape index (κ2) is 4.71. The normalized spacial score (nSPS) is 11.4. The molecule has 3 nitrogen and oxygen atoms in total. The smallest absolute Gasteiger partial charge is 0.402 e. The van der Waals surface area contributed by atoms with Crippen LogP contribution in [0.15, 0.2) is 6.07 Å². The Morgan fingerprint density at radius 2 is 2.00 bits per heavy atom. The molecule has 0 radical (unpaired) electrons. The molecule has 1 rings (SSSR count). The molecular formula is C8H2ClF5N2O. The van der Waals surface area contributed by atoms with Crippen molar-refractivity contribution in [2.45, 2.75) is 12.8 Å². The second-order valence-electron chi connectivity index (χ2n) is 2.66. The summed E-state index contributed by atoms with van der Waals surface area (Å²) in [6, 6.07) is 2.09. The minimum atomic E-state index is -5.18. The van der Waals surface area contributed by atoms with Crippen LogP contribution in [0.3, 0.4) is 0 Å². The molecule has 17 heavy (non-hydrogen) atoms. The Bertz CT molecular complexity index is 468. The summed E-state index contributed by atoms with van der Waals surface area (Å²) in [6.07, 6.45) is -8.53. The molecule has 0 amide bonds. The van der Waals surface area contributed by atoms with Gasteiger partial charge in [-0.2, -0.15) is 5.26 Å². The Morgan fingerprint density at radius 1 is 1.41 bits per heavy atom. The highest BCUT2D eigenvalue weighted by molar-refractivity contribution is 6.32. The third-order valence-corrected chi connectivity index (χ3v) is 1.77. The number of rotatable bonds is 2. The molecule has 0 aliphatic carbocycles. The van der Waals surface area contributed by atoms with Crippen molar-refractivity contribution in [1.29, 1.82) is 5.26 Å². The van der Waals surface area contributed by atoms with Crippen molar-refractivity contribution in [3.05, 3.63) is 22.5 Å². The molecule has 1 aromatic rings. The molecule has 0 aromatic carbocycles. The Morgan fingerprint density at radius 3 is 2.41 bits per heavy atom. The van der Waals surface area contributed by atoms with Gasteiger partial charge in [-0.3, -0.25) is 0 Å². The van der Waals surface area contributed by atoms with E-state index in [0.717, 1.165) is 0 Å². The van der Waals surface area contributed by atoms with E-state index in [1.807, 2.05) is 0 Å². The molecule has 0 saturated carbocycles. The summed E-state index contributed by atoms with van der Waals surface area (Å²) in [5, 5.41) is 7.65. The highest BCUT2D eigenvalue weighted by Crippen LogP contribution is 2.37. The number of nitrogens with zero attached hydrogens (tertiary/aromatic N) is 2. The Kier molecular flexibility index (Phi) is 3.72. The predicted octanol–water partition coefficient (Wildman–Crippen LogP) is 3.44. The zero-order valence-corrected chi connectivity index (χ0v) is 8.48. The molecule has 0 saturated heterocycles. The number of hydrogen-bond acceptors (Lipinski definition) is 3. The van der Waals surface area contributed by atoms with E-state index in [2.05, 4.69) is 9.72 Å². The third kappa shape index (κ3) is 3.42. The SMILES string of the molecule is N#Cc1cc(Cl)c(OC(F)(F)F)c(C(F)F)n1. The molecule has 1 heterocycles. The fourth-order valence-corrected chi connectivity index (χ4v) is 1.18. The average molecular weight is 273 g/mol. The van der Waals surface area contributed by atoms with E-state index >= 15 is 0 Å². The van der Waals surface area contributed by atoms with Crippen molar-refractivity contribution >= 4 is 11.6 Å². The lowest BCUT2D eigenvalue weighted by Gasteiger charge is -2.13. The van der Waals surface area contributed by atoms with E-state index in [4.69, 9.17) is 16.9 Å². The summed E-state index contributed by atoms with van der Waals surface area (Å²) in [5.74, 6) is -1.30. The highest BCUT2D eigenvalue weighted by Gasteiger charge is 2.35. The molecule has 0 atom stereocenters. The lowest BCUT2D eigenvalue weighted by Crippen LogP contribution is -2.19. The van der Waals surface area contributed by atoms with Crippen LogP contribution in [0.4, 0.5) is 22.0 Å². The van der Waals surface area contributed by atoms with Crippen LogP contribution in [0.2, 0.25) is 5.02 Å². The lowest BCUT2D eigenvalue weighted by atomic mass is 10.3. The van der Waals surface area contributed by atoms with Gasteiger partial charge < -0.3 is 4.74 Å². The lowest BCUT2D eigenvalue weighted by molar-refractivity contribution is -0.275. The van der Waals surface area contributed by atoms with E-state index in [1.165, 1.54) is 6.07 Å². The fourth-order valence-electron chi connectivity index (χ4n) is 0.943. The minimum absolute atomic E-state index is 0.528. The Labute approximate surface area is 96.4 Å². The van der Waals surface area contributed by atoms with Gasteiger partial charge in [-0.25, -0.2) is 13.8 Å². The standard InChI is InChI=1S/C8H2ClF5N2O/c9-4-1-3(2-15)16-5(7(10)11)6(4)17-8(12,13)14/h1,7H. The first-order chi connectivity index (χ1) is 7.74. The average Bonchev–Trinajstić information content (AvgIpc) is 2.18. The van der Waals surface area contributed by atoms with E-state index in [9.17, 15) is 22.0 Å². The summed E-state index contributed by atoms with van der Waals surface area (Å²) in [4.78, 5) is 3.02. The summed E-state index contributed by atoms with van der Waals surface area (Å²) in [7, 11) is 0. The topological polar surface area (TPSA) is 45.9 Å². The highest BCUT2D eigenvalue weighted by atomic mass is 35.5. The van der Waals surface area contributed by atoms with Gasteiger partial charge in [0.05, 0.1) is 5.02 Å². The van der Waals surface area contributed by atoms with Crippen molar-refractivity contribution < 1.29 is 26.7 Å². The molecule has 92 valence electrons. The van der Waals surface area contributed by atoms with Crippen molar-refractivity contribution in [3.63, 3.8) is 0 Å². The first kappa shape index (κ1) is 13.4. The van der Waals surface area contributed by atoms with Crippen LogP contribution in [0, 0.1) is 11.3 Å². The first-order valence-corrected chi connectivity index (χ1v) is 4.27. The van der Waals surface area contributed by atoms with Crippen LogP contribution in [0.1, 0.15) is 17.8 Å². The molecule has 1 aromatic heterocycles.